The zero-order chi connectivity index (χ0) is 13.6. The minimum Gasteiger partial charge on any atom is -0.289 e. The maximum Gasteiger partial charge on any atom is 0.0544 e. The first-order valence-electron chi connectivity index (χ1n) is 7.22. The van der Waals surface area contributed by atoms with Crippen molar-refractivity contribution in [2.75, 3.05) is 13.1 Å². The summed E-state index contributed by atoms with van der Waals surface area (Å²) in [5, 5.41) is 0. The monoisotopic (exact) mass is 264 g/mol. The van der Waals surface area contributed by atoms with Crippen LogP contribution in [0.25, 0.3) is 0 Å². The van der Waals surface area contributed by atoms with E-state index in [0.29, 0.717) is 0 Å². The Bertz CT molecular complexity index is 564. The van der Waals surface area contributed by atoms with Gasteiger partial charge in [-0.05, 0) is 30.5 Å². The molecule has 2 heteroatoms. The van der Waals surface area contributed by atoms with Gasteiger partial charge < -0.3 is 0 Å². The number of rotatable bonds is 6. The highest BCUT2D eigenvalue weighted by Crippen LogP contribution is 2.17. The molecule has 0 aromatic carbocycles. The maximum atomic E-state index is 4.45. The highest BCUT2D eigenvalue weighted by Gasteiger charge is 2.12. The number of allylic oxidation sites excluding steroid dienone is 5. The van der Waals surface area contributed by atoms with Crippen LogP contribution in [-0.2, 0) is 6.54 Å². The third-order valence-electron chi connectivity index (χ3n) is 3.64. The van der Waals surface area contributed by atoms with Gasteiger partial charge in [0, 0.05) is 25.8 Å². The summed E-state index contributed by atoms with van der Waals surface area (Å²) in [4.78, 5) is 6.93. The first-order valence-corrected chi connectivity index (χ1v) is 7.22. The fourth-order valence-electron chi connectivity index (χ4n) is 2.67. The summed E-state index contributed by atoms with van der Waals surface area (Å²) in [6, 6.07) is 6.14. The van der Waals surface area contributed by atoms with Crippen molar-refractivity contribution in [3.05, 3.63) is 77.7 Å². The highest BCUT2D eigenvalue weighted by molar-refractivity contribution is 5.29. The average molecular weight is 264 g/mol. The molecule has 0 atom stereocenters. The van der Waals surface area contributed by atoms with E-state index in [4.69, 9.17) is 0 Å². The third kappa shape index (κ3) is 3.55. The molecular formula is C18H20N2. The van der Waals surface area contributed by atoms with E-state index in [9.17, 15) is 0 Å². The van der Waals surface area contributed by atoms with Crippen LogP contribution in [0, 0.1) is 0 Å². The van der Waals surface area contributed by atoms with Gasteiger partial charge in [0.2, 0.25) is 0 Å². The molecule has 2 nitrogen and oxygen atoms in total. The van der Waals surface area contributed by atoms with Crippen LogP contribution in [0.15, 0.2) is 72.0 Å². The first kappa shape index (κ1) is 13.1. The fraction of sp³-hybridized carbons (Fsp3) is 0.278. The second-order valence-corrected chi connectivity index (χ2v) is 5.34. The third-order valence-corrected chi connectivity index (χ3v) is 3.64. The van der Waals surface area contributed by atoms with Gasteiger partial charge >= 0.3 is 0 Å². The summed E-state index contributed by atoms with van der Waals surface area (Å²) in [7, 11) is 0. The zero-order valence-corrected chi connectivity index (χ0v) is 11.7. The van der Waals surface area contributed by atoms with Crippen LogP contribution in [-0.4, -0.2) is 23.0 Å². The van der Waals surface area contributed by atoms with Gasteiger partial charge in [-0.1, -0.05) is 48.1 Å². The summed E-state index contributed by atoms with van der Waals surface area (Å²) in [5.41, 5.74) is 4.05. The van der Waals surface area contributed by atoms with E-state index in [2.05, 4.69) is 58.5 Å². The lowest BCUT2D eigenvalue weighted by Crippen LogP contribution is -2.27. The molecule has 1 aromatic heterocycles. The van der Waals surface area contributed by atoms with Crippen molar-refractivity contribution < 1.29 is 0 Å². The lowest BCUT2D eigenvalue weighted by atomic mass is 10.2. The Kier molecular flexibility index (Phi) is 4.24. The smallest absolute Gasteiger partial charge is 0.0544 e. The van der Waals surface area contributed by atoms with E-state index < -0.39 is 0 Å². The summed E-state index contributed by atoms with van der Waals surface area (Å²) in [6.45, 7) is 2.93. The lowest BCUT2D eigenvalue weighted by molar-refractivity contribution is 0.310. The number of hydrogen-bond donors (Lipinski definition) is 0. The van der Waals surface area contributed by atoms with Gasteiger partial charge in [0.25, 0.3) is 0 Å². The van der Waals surface area contributed by atoms with Crippen LogP contribution in [0.2, 0.25) is 0 Å². The molecule has 0 bridgehead atoms. The van der Waals surface area contributed by atoms with Crippen LogP contribution in [0.3, 0.4) is 0 Å². The standard InChI is InChI=1S/C18H20N2/c1-2-8-16(7-1)13-20(14-17-9-3-4-10-17)15-18-11-5-6-12-19-18/h1-3,5-7,9-12H,4,8,13-15H2. The molecule has 0 saturated carbocycles. The van der Waals surface area contributed by atoms with Crippen LogP contribution < -0.4 is 0 Å². The Morgan fingerprint density at radius 2 is 2.10 bits per heavy atom. The molecular weight excluding hydrogens is 244 g/mol. The predicted octanol–water partition coefficient (Wildman–Crippen LogP) is 3.66. The molecule has 0 saturated heterocycles. The summed E-state index contributed by atoms with van der Waals surface area (Å²) in [6.07, 6.45) is 17.4. The molecule has 0 radical (unpaired) electrons. The fourth-order valence-corrected chi connectivity index (χ4v) is 2.67. The number of hydrogen-bond acceptors (Lipinski definition) is 2. The SMILES string of the molecule is C1=CCC(CN(CC2=CCC=C2)Cc2ccccn2)=C1. The molecule has 0 spiro atoms. The Labute approximate surface area is 120 Å². The molecule has 2 aliphatic carbocycles. The Balaban J connectivity index is 1.67. The van der Waals surface area contributed by atoms with Crippen molar-refractivity contribution >= 4 is 0 Å². The van der Waals surface area contributed by atoms with E-state index in [1.165, 1.54) is 11.1 Å². The normalized spacial score (nSPS) is 16.9. The summed E-state index contributed by atoms with van der Waals surface area (Å²) >= 11 is 0. The van der Waals surface area contributed by atoms with Gasteiger partial charge in [0.15, 0.2) is 0 Å². The van der Waals surface area contributed by atoms with Gasteiger partial charge in [0.1, 0.15) is 0 Å². The van der Waals surface area contributed by atoms with Gasteiger partial charge in [-0.2, -0.15) is 0 Å². The second kappa shape index (κ2) is 6.49. The molecule has 0 unspecified atom stereocenters. The summed E-state index contributed by atoms with van der Waals surface area (Å²) in [5.74, 6) is 0. The number of nitrogens with zero attached hydrogens (tertiary/aromatic N) is 2. The first-order chi connectivity index (χ1) is 9.90. The highest BCUT2D eigenvalue weighted by atomic mass is 15.1. The molecule has 2 aliphatic rings. The molecule has 0 aliphatic heterocycles. The minimum absolute atomic E-state index is 0.906. The second-order valence-electron chi connectivity index (χ2n) is 5.34. The molecule has 0 N–H and O–H groups in total. The van der Waals surface area contributed by atoms with Gasteiger partial charge in [0.05, 0.1) is 5.69 Å². The van der Waals surface area contributed by atoms with Crippen molar-refractivity contribution in [2.24, 2.45) is 0 Å². The van der Waals surface area contributed by atoms with Crippen LogP contribution in [0.1, 0.15) is 18.5 Å². The number of aromatic nitrogens is 1. The van der Waals surface area contributed by atoms with Crippen molar-refractivity contribution in [2.45, 2.75) is 19.4 Å². The minimum atomic E-state index is 0.906. The van der Waals surface area contributed by atoms with Crippen LogP contribution in [0.4, 0.5) is 0 Å². The van der Waals surface area contributed by atoms with Crippen molar-refractivity contribution in [1.29, 1.82) is 0 Å². The molecule has 1 heterocycles. The van der Waals surface area contributed by atoms with E-state index in [1.54, 1.807) is 0 Å². The van der Waals surface area contributed by atoms with Gasteiger partial charge in [-0.25, -0.2) is 0 Å². The zero-order valence-electron chi connectivity index (χ0n) is 11.7. The van der Waals surface area contributed by atoms with Crippen molar-refractivity contribution in [3.8, 4) is 0 Å². The molecule has 3 rings (SSSR count). The Morgan fingerprint density at radius 3 is 2.80 bits per heavy atom. The molecule has 1 aromatic rings. The van der Waals surface area contributed by atoms with E-state index in [0.717, 1.165) is 38.2 Å². The van der Waals surface area contributed by atoms with Crippen LogP contribution in [0.5, 0.6) is 0 Å². The topological polar surface area (TPSA) is 16.1 Å². The quantitative estimate of drug-likeness (QED) is 0.779. The van der Waals surface area contributed by atoms with Crippen molar-refractivity contribution in [1.82, 2.24) is 9.88 Å². The Hall–Kier alpha value is -1.93. The Morgan fingerprint density at radius 1 is 1.10 bits per heavy atom. The van der Waals surface area contributed by atoms with Crippen molar-refractivity contribution in [3.63, 3.8) is 0 Å². The maximum absolute atomic E-state index is 4.45. The van der Waals surface area contributed by atoms with E-state index >= 15 is 0 Å². The van der Waals surface area contributed by atoms with Crippen LogP contribution >= 0.6 is 0 Å². The largest absolute Gasteiger partial charge is 0.289 e. The molecule has 102 valence electrons. The number of pyridine rings is 1. The summed E-state index contributed by atoms with van der Waals surface area (Å²) < 4.78 is 0. The lowest BCUT2D eigenvalue weighted by Gasteiger charge is -2.23. The average Bonchev–Trinajstić information content (AvgIpc) is 3.13. The predicted molar refractivity (Wildman–Crippen MR) is 83.2 cm³/mol. The van der Waals surface area contributed by atoms with Gasteiger partial charge in [-0.15, -0.1) is 0 Å². The van der Waals surface area contributed by atoms with E-state index in [1.807, 2.05) is 12.3 Å². The molecule has 0 amide bonds. The van der Waals surface area contributed by atoms with E-state index in [-0.39, 0.29) is 0 Å². The van der Waals surface area contributed by atoms with Gasteiger partial charge in [-0.3, -0.25) is 9.88 Å². The molecule has 20 heavy (non-hydrogen) atoms. The molecule has 0 fully saturated rings.